The van der Waals surface area contributed by atoms with Gasteiger partial charge in [-0.2, -0.15) is 0 Å². The fourth-order valence-corrected chi connectivity index (χ4v) is 2.89. The van der Waals surface area contributed by atoms with Gasteiger partial charge >= 0.3 is 0 Å². The molecule has 1 aliphatic rings. The molecule has 5 heteroatoms. The summed E-state index contributed by atoms with van der Waals surface area (Å²) in [5.74, 6) is -1.08. The third-order valence-electron chi connectivity index (χ3n) is 3.45. The molecule has 2 rings (SSSR count). The standard InChI is InChI=1S/C14H18BrF2NO/c1-3-18-14(11-7-4-8(2)19-11)12-10(16)6-5-9(15)13(12)17/h5-6,8,11,14,18H,3-4,7H2,1-2H3. The summed E-state index contributed by atoms with van der Waals surface area (Å²) in [6.07, 6.45) is 1.69. The Morgan fingerprint density at radius 1 is 1.42 bits per heavy atom. The quantitative estimate of drug-likeness (QED) is 0.842. The Morgan fingerprint density at radius 3 is 2.74 bits per heavy atom. The Morgan fingerprint density at radius 2 is 2.16 bits per heavy atom. The van der Waals surface area contributed by atoms with Crippen LogP contribution in [-0.2, 0) is 4.74 Å². The number of benzene rings is 1. The molecular weight excluding hydrogens is 316 g/mol. The first-order chi connectivity index (χ1) is 9.04. The van der Waals surface area contributed by atoms with Gasteiger partial charge in [-0.05, 0) is 54.4 Å². The molecule has 2 nitrogen and oxygen atoms in total. The maximum atomic E-state index is 14.2. The molecule has 1 saturated heterocycles. The third-order valence-corrected chi connectivity index (χ3v) is 4.06. The van der Waals surface area contributed by atoms with Crippen molar-refractivity contribution in [2.24, 2.45) is 0 Å². The van der Waals surface area contributed by atoms with E-state index in [2.05, 4.69) is 21.2 Å². The van der Waals surface area contributed by atoms with Crippen molar-refractivity contribution in [2.45, 2.75) is 44.9 Å². The van der Waals surface area contributed by atoms with E-state index in [0.717, 1.165) is 12.8 Å². The molecule has 0 saturated carbocycles. The van der Waals surface area contributed by atoms with Gasteiger partial charge in [0.2, 0.25) is 0 Å². The van der Waals surface area contributed by atoms with Crippen molar-refractivity contribution in [3.63, 3.8) is 0 Å². The molecular formula is C14H18BrF2NO. The molecule has 0 bridgehead atoms. The van der Waals surface area contributed by atoms with Gasteiger partial charge in [-0.15, -0.1) is 0 Å². The summed E-state index contributed by atoms with van der Waals surface area (Å²) in [5.41, 5.74) is 0.0651. The zero-order valence-electron chi connectivity index (χ0n) is 11.1. The van der Waals surface area contributed by atoms with Gasteiger partial charge < -0.3 is 10.1 Å². The predicted molar refractivity (Wildman–Crippen MR) is 74.0 cm³/mol. The van der Waals surface area contributed by atoms with E-state index in [1.165, 1.54) is 12.1 Å². The van der Waals surface area contributed by atoms with Crippen molar-refractivity contribution in [3.8, 4) is 0 Å². The predicted octanol–water partition coefficient (Wildman–Crippen LogP) is 3.95. The highest BCUT2D eigenvalue weighted by Crippen LogP contribution is 2.34. The lowest BCUT2D eigenvalue weighted by Crippen LogP contribution is -2.33. The minimum Gasteiger partial charge on any atom is -0.373 e. The summed E-state index contributed by atoms with van der Waals surface area (Å²) < 4.78 is 34.2. The molecule has 1 aliphatic heterocycles. The van der Waals surface area contributed by atoms with Gasteiger partial charge in [0, 0.05) is 5.56 Å². The lowest BCUT2D eigenvalue weighted by atomic mass is 9.98. The molecule has 0 spiro atoms. The molecule has 1 N–H and O–H groups in total. The molecule has 0 aliphatic carbocycles. The van der Waals surface area contributed by atoms with Gasteiger partial charge in [0.05, 0.1) is 22.7 Å². The summed E-state index contributed by atoms with van der Waals surface area (Å²) in [6, 6.07) is 2.22. The van der Waals surface area contributed by atoms with E-state index in [4.69, 9.17) is 4.74 Å². The van der Waals surface area contributed by atoms with Gasteiger partial charge in [0.25, 0.3) is 0 Å². The van der Waals surface area contributed by atoms with E-state index in [-0.39, 0.29) is 22.2 Å². The zero-order valence-corrected chi connectivity index (χ0v) is 12.6. The van der Waals surface area contributed by atoms with E-state index >= 15 is 0 Å². The zero-order chi connectivity index (χ0) is 14.0. The van der Waals surface area contributed by atoms with Crippen LogP contribution in [0.25, 0.3) is 0 Å². The van der Waals surface area contributed by atoms with E-state index in [1.54, 1.807) is 0 Å². The Labute approximate surface area is 120 Å². The number of halogens is 3. The second-order valence-electron chi connectivity index (χ2n) is 4.85. The van der Waals surface area contributed by atoms with Crippen LogP contribution in [0.3, 0.4) is 0 Å². The number of nitrogens with one attached hydrogen (secondary N) is 1. The highest BCUT2D eigenvalue weighted by atomic mass is 79.9. The summed E-state index contributed by atoms with van der Waals surface area (Å²) >= 11 is 3.11. The smallest absolute Gasteiger partial charge is 0.145 e. The second-order valence-corrected chi connectivity index (χ2v) is 5.71. The minimum absolute atomic E-state index is 0.0651. The van der Waals surface area contributed by atoms with Crippen molar-refractivity contribution in [1.82, 2.24) is 5.32 Å². The van der Waals surface area contributed by atoms with Crippen LogP contribution in [0.1, 0.15) is 38.3 Å². The highest BCUT2D eigenvalue weighted by Gasteiger charge is 2.34. The van der Waals surface area contributed by atoms with E-state index in [0.29, 0.717) is 6.54 Å². The molecule has 3 atom stereocenters. The van der Waals surface area contributed by atoms with Gasteiger partial charge in [-0.1, -0.05) is 6.92 Å². The van der Waals surface area contributed by atoms with Crippen LogP contribution in [0, 0.1) is 11.6 Å². The van der Waals surface area contributed by atoms with Gasteiger partial charge in [-0.25, -0.2) is 8.78 Å². The van der Waals surface area contributed by atoms with Crippen LogP contribution in [0.4, 0.5) is 8.78 Å². The first kappa shape index (κ1) is 14.9. The Balaban J connectivity index is 2.36. The van der Waals surface area contributed by atoms with Crippen molar-refractivity contribution >= 4 is 15.9 Å². The van der Waals surface area contributed by atoms with Crippen molar-refractivity contribution in [2.75, 3.05) is 6.54 Å². The largest absolute Gasteiger partial charge is 0.373 e. The fourth-order valence-electron chi connectivity index (χ4n) is 2.55. The van der Waals surface area contributed by atoms with Crippen LogP contribution in [0.15, 0.2) is 16.6 Å². The average Bonchev–Trinajstić information content (AvgIpc) is 2.80. The molecule has 3 unspecified atom stereocenters. The van der Waals surface area contributed by atoms with E-state index in [9.17, 15) is 8.78 Å². The van der Waals surface area contributed by atoms with Crippen molar-refractivity contribution in [3.05, 3.63) is 33.8 Å². The monoisotopic (exact) mass is 333 g/mol. The number of likely N-dealkylation sites (N-methyl/N-ethyl adjacent to an activating group) is 1. The Hall–Kier alpha value is -0.520. The molecule has 106 valence electrons. The summed E-state index contributed by atoms with van der Waals surface area (Å²) in [4.78, 5) is 0. The molecule has 0 radical (unpaired) electrons. The molecule has 1 aromatic carbocycles. The maximum Gasteiger partial charge on any atom is 0.145 e. The van der Waals surface area contributed by atoms with Crippen LogP contribution in [0.5, 0.6) is 0 Å². The second kappa shape index (κ2) is 6.29. The fraction of sp³-hybridized carbons (Fsp3) is 0.571. The summed E-state index contributed by atoms with van der Waals surface area (Å²) in [7, 11) is 0. The SMILES string of the molecule is CCNC(c1c(F)ccc(Br)c1F)C1CCC(C)O1. The number of ether oxygens (including phenoxy) is 1. The number of hydrogen-bond donors (Lipinski definition) is 1. The summed E-state index contributed by atoms with van der Waals surface area (Å²) in [5, 5.41) is 3.14. The van der Waals surface area contributed by atoms with Gasteiger partial charge in [0.15, 0.2) is 0 Å². The molecule has 1 aromatic rings. The molecule has 1 fully saturated rings. The maximum absolute atomic E-state index is 14.2. The lowest BCUT2D eigenvalue weighted by molar-refractivity contribution is 0.0303. The number of rotatable bonds is 4. The summed E-state index contributed by atoms with van der Waals surface area (Å²) in [6.45, 7) is 4.53. The van der Waals surface area contributed by atoms with Crippen LogP contribution >= 0.6 is 15.9 Å². The van der Waals surface area contributed by atoms with Gasteiger partial charge in [0.1, 0.15) is 11.6 Å². The van der Waals surface area contributed by atoms with Crippen LogP contribution in [-0.4, -0.2) is 18.8 Å². The van der Waals surface area contributed by atoms with Crippen molar-refractivity contribution in [1.29, 1.82) is 0 Å². The molecule has 0 amide bonds. The average molecular weight is 334 g/mol. The van der Waals surface area contributed by atoms with Gasteiger partial charge in [-0.3, -0.25) is 0 Å². The van der Waals surface area contributed by atoms with Crippen molar-refractivity contribution < 1.29 is 13.5 Å². The first-order valence-electron chi connectivity index (χ1n) is 6.56. The lowest BCUT2D eigenvalue weighted by Gasteiger charge is -2.26. The highest BCUT2D eigenvalue weighted by molar-refractivity contribution is 9.10. The Bertz CT molecular complexity index is 455. The Kier molecular flexibility index (Phi) is 4.92. The van der Waals surface area contributed by atoms with Crippen LogP contribution in [0.2, 0.25) is 0 Å². The molecule has 0 aromatic heterocycles. The third kappa shape index (κ3) is 3.15. The van der Waals surface area contributed by atoms with E-state index < -0.39 is 17.7 Å². The molecule has 1 heterocycles. The number of hydrogen-bond acceptors (Lipinski definition) is 2. The molecule has 19 heavy (non-hydrogen) atoms. The van der Waals surface area contributed by atoms with Crippen LogP contribution < -0.4 is 5.32 Å². The normalized spacial score (nSPS) is 24.7. The topological polar surface area (TPSA) is 21.3 Å². The van der Waals surface area contributed by atoms with E-state index in [1.807, 2.05) is 13.8 Å². The first-order valence-corrected chi connectivity index (χ1v) is 7.36. The minimum atomic E-state index is -0.547.